The van der Waals surface area contributed by atoms with E-state index in [1.54, 1.807) is 23.3 Å². The van der Waals surface area contributed by atoms with Gasteiger partial charge in [-0.1, -0.05) is 62.2 Å². The van der Waals surface area contributed by atoms with Crippen molar-refractivity contribution in [3.05, 3.63) is 99.6 Å². The SMILES string of the molecule is Cc1ccc(-n2nc(C(C)(C)C)c3c2N(CC(=O)NCc2ccco2)C(=O)CSC3c2cccc(Cl)c2)c(C)c1. The molecule has 1 aliphatic heterocycles. The van der Waals surface area contributed by atoms with Crippen molar-refractivity contribution in [2.24, 2.45) is 0 Å². The highest BCUT2D eigenvalue weighted by Crippen LogP contribution is 2.48. The summed E-state index contributed by atoms with van der Waals surface area (Å²) in [5, 5.41) is 8.48. The van der Waals surface area contributed by atoms with Crippen LogP contribution in [0.3, 0.4) is 0 Å². The van der Waals surface area contributed by atoms with Gasteiger partial charge in [-0.2, -0.15) is 5.10 Å². The Hall–Kier alpha value is -3.49. The van der Waals surface area contributed by atoms with E-state index in [2.05, 4.69) is 32.2 Å². The van der Waals surface area contributed by atoms with Gasteiger partial charge in [-0.25, -0.2) is 4.68 Å². The molecule has 1 atom stereocenters. The number of fused-ring (bicyclic) bond motifs is 1. The van der Waals surface area contributed by atoms with Crippen molar-refractivity contribution in [3.63, 3.8) is 0 Å². The number of rotatable bonds is 6. The molecule has 0 aliphatic carbocycles. The fourth-order valence-corrected chi connectivity index (χ4v) is 6.40. The maximum atomic E-state index is 13.8. The summed E-state index contributed by atoms with van der Waals surface area (Å²) >= 11 is 7.97. The van der Waals surface area contributed by atoms with Gasteiger partial charge in [-0.3, -0.25) is 14.5 Å². The number of benzene rings is 2. The molecule has 0 radical (unpaired) electrons. The Morgan fingerprint density at radius 2 is 1.95 bits per heavy atom. The normalized spacial score (nSPS) is 15.6. The predicted octanol–water partition coefficient (Wildman–Crippen LogP) is 6.52. The van der Waals surface area contributed by atoms with Crippen LogP contribution in [0.5, 0.6) is 0 Å². The molecule has 4 aromatic rings. The second-order valence-electron chi connectivity index (χ2n) is 11.1. The lowest BCUT2D eigenvalue weighted by molar-refractivity contribution is -0.123. The number of hydrogen-bond donors (Lipinski definition) is 1. The van der Waals surface area contributed by atoms with Gasteiger partial charge in [0.25, 0.3) is 0 Å². The van der Waals surface area contributed by atoms with E-state index >= 15 is 0 Å². The predicted molar refractivity (Wildman–Crippen MR) is 160 cm³/mol. The van der Waals surface area contributed by atoms with Gasteiger partial charge in [0.05, 0.1) is 35.2 Å². The summed E-state index contributed by atoms with van der Waals surface area (Å²) in [4.78, 5) is 28.6. The molecule has 5 rings (SSSR count). The molecule has 0 fully saturated rings. The number of hydrogen-bond acceptors (Lipinski definition) is 5. The van der Waals surface area contributed by atoms with Gasteiger partial charge in [0.15, 0.2) is 0 Å². The molecular weight excluding hydrogens is 544 g/mol. The number of carbonyl (C=O) groups is 2. The summed E-state index contributed by atoms with van der Waals surface area (Å²) in [6.07, 6.45) is 1.57. The molecule has 0 spiro atoms. The van der Waals surface area contributed by atoms with Crippen molar-refractivity contribution in [1.29, 1.82) is 0 Å². The van der Waals surface area contributed by atoms with Crippen LogP contribution in [-0.4, -0.2) is 33.9 Å². The highest BCUT2D eigenvalue weighted by molar-refractivity contribution is 8.00. The second kappa shape index (κ2) is 11.2. The third-order valence-corrected chi connectivity index (χ3v) is 8.36. The fourth-order valence-electron chi connectivity index (χ4n) is 5.02. The van der Waals surface area contributed by atoms with Crippen LogP contribution in [0.25, 0.3) is 5.69 Å². The Kier molecular flexibility index (Phi) is 7.84. The molecule has 1 unspecified atom stereocenters. The zero-order chi connectivity index (χ0) is 28.6. The molecule has 208 valence electrons. The van der Waals surface area contributed by atoms with Gasteiger partial charge in [0.2, 0.25) is 11.8 Å². The van der Waals surface area contributed by atoms with Crippen molar-refractivity contribution in [2.75, 3.05) is 17.2 Å². The summed E-state index contributed by atoms with van der Waals surface area (Å²) in [6.45, 7) is 10.5. The van der Waals surface area contributed by atoms with Gasteiger partial charge >= 0.3 is 0 Å². The van der Waals surface area contributed by atoms with Crippen LogP contribution in [0, 0.1) is 13.8 Å². The summed E-state index contributed by atoms with van der Waals surface area (Å²) in [6, 6.07) is 17.5. The van der Waals surface area contributed by atoms with Gasteiger partial charge in [0.1, 0.15) is 18.1 Å². The number of furan rings is 1. The molecule has 0 saturated carbocycles. The highest BCUT2D eigenvalue weighted by Gasteiger charge is 2.40. The minimum Gasteiger partial charge on any atom is -0.467 e. The fraction of sp³-hybridized carbons (Fsp3) is 0.323. The first kappa shape index (κ1) is 28.1. The highest BCUT2D eigenvalue weighted by atomic mass is 35.5. The smallest absolute Gasteiger partial charge is 0.240 e. The van der Waals surface area contributed by atoms with E-state index in [-0.39, 0.29) is 41.3 Å². The molecular formula is C31H33ClN4O3S. The number of halogens is 1. The number of nitrogens with one attached hydrogen (secondary N) is 1. The minimum atomic E-state index is -0.341. The minimum absolute atomic E-state index is 0.143. The van der Waals surface area contributed by atoms with E-state index in [1.165, 1.54) is 11.8 Å². The van der Waals surface area contributed by atoms with Crippen LogP contribution in [0.1, 0.15) is 59.7 Å². The maximum Gasteiger partial charge on any atom is 0.240 e. The van der Waals surface area contributed by atoms with E-state index in [9.17, 15) is 9.59 Å². The maximum absolute atomic E-state index is 13.8. The number of nitrogens with zero attached hydrogens (tertiary/aromatic N) is 3. The van der Waals surface area contributed by atoms with Crippen LogP contribution in [0.4, 0.5) is 5.82 Å². The molecule has 0 saturated heterocycles. The molecule has 2 aromatic carbocycles. The third kappa shape index (κ3) is 5.69. The average Bonchev–Trinajstić information content (AvgIpc) is 3.52. The summed E-state index contributed by atoms with van der Waals surface area (Å²) in [5.41, 5.74) is 5.46. The zero-order valence-electron chi connectivity index (χ0n) is 23.3. The lowest BCUT2D eigenvalue weighted by atomic mass is 9.87. The Balaban J connectivity index is 1.70. The van der Waals surface area contributed by atoms with Crippen LogP contribution in [0.2, 0.25) is 5.02 Å². The Morgan fingerprint density at radius 1 is 1.15 bits per heavy atom. The first-order chi connectivity index (χ1) is 19.0. The topological polar surface area (TPSA) is 80.4 Å². The van der Waals surface area contributed by atoms with E-state index in [4.69, 9.17) is 21.1 Å². The number of carbonyl (C=O) groups excluding carboxylic acids is 2. The van der Waals surface area contributed by atoms with Crippen molar-refractivity contribution < 1.29 is 14.0 Å². The number of aryl methyl sites for hydroxylation is 2. The number of anilines is 1. The van der Waals surface area contributed by atoms with Crippen molar-refractivity contribution >= 4 is 41.0 Å². The molecule has 1 aliphatic rings. The van der Waals surface area contributed by atoms with Crippen molar-refractivity contribution in [1.82, 2.24) is 15.1 Å². The molecule has 40 heavy (non-hydrogen) atoms. The molecule has 1 N–H and O–H groups in total. The third-order valence-electron chi connectivity index (χ3n) is 6.87. The lowest BCUT2D eigenvalue weighted by Crippen LogP contribution is -2.42. The Labute approximate surface area is 243 Å². The largest absolute Gasteiger partial charge is 0.467 e. The monoisotopic (exact) mass is 576 g/mol. The van der Waals surface area contributed by atoms with Crippen LogP contribution >= 0.6 is 23.4 Å². The number of aromatic nitrogens is 2. The Morgan fingerprint density at radius 3 is 2.62 bits per heavy atom. The zero-order valence-corrected chi connectivity index (χ0v) is 24.9. The first-order valence-electron chi connectivity index (χ1n) is 13.2. The molecule has 2 aromatic heterocycles. The van der Waals surface area contributed by atoms with E-state index in [1.807, 2.05) is 54.9 Å². The number of thioether (sulfide) groups is 1. The van der Waals surface area contributed by atoms with E-state index < -0.39 is 0 Å². The van der Waals surface area contributed by atoms with Gasteiger partial charge in [-0.05, 0) is 55.3 Å². The van der Waals surface area contributed by atoms with E-state index in [0.717, 1.165) is 33.6 Å². The van der Waals surface area contributed by atoms with Gasteiger partial charge in [-0.15, -0.1) is 11.8 Å². The van der Waals surface area contributed by atoms with Crippen molar-refractivity contribution in [2.45, 2.75) is 51.8 Å². The molecule has 2 amide bonds. The van der Waals surface area contributed by atoms with Crippen molar-refractivity contribution in [3.8, 4) is 5.69 Å². The van der Waals surface area contributed by atoms with Gasteiger partial charge in [0, 0.05) is 16.0 Å². The van der Waals surface area contributed by atoms with Crippen LogP contribution in [0.15, 0.2) is 65.3 Å². The molecule has 0 bridgehead atoms. The Bertz CT molecular complexity index is 1560. The van der Waals surface area contributed by atoms with E-state index in [0.29, 0.717) is 16.6 Å². The average molecular weight is 577 g/mol. The number of amides is 2. The molecule has 7 nitrogen and oxygen atoms in total. The second-order valence-corrected chi connectivity index (χ2v) is 12.6. The van der Waals surface area contributed by atoms with Crippen LogP contribution < -0.4 is 10.2 Å². The summed E-state index contributed by atoms with van der Waals surface area (Å²) in [5.74, 6) is 1.02. The molecule has 9 heteroatoms. The molecule has 3 heterocycles. The quantitative estimate of drug-likeness (QED) is 0.283. The standard InChI is InChI=1S/C31H33ClN4O3S/c1-19-11-12-24(20(2)14-19)36-30-27(29(34-36)31(3,4)5)28(21-8-6-9-22(32)15-21)40-18-26(38)35(30)17-25(37)33-16-23-10-7-13-39-23/h6-15,28H,16-18H2,1-5H3,(H,33,37). The summed E-state index contributed by atoms with van der Waals surface area (Å²) < 4.78 is 7.21. The van der Waals surface area contributed by atoms with Crippen LogP contribution in [-0.2, 0) is 21.5 Å². The first-order valence-corrected chi connectivity index (χ1v) is 14.6. The lowest BCUT2D eigenvalue weighted by Gasteiger charge is -2.25. The summed E-state index contributed by atoms with van der Waals surface area (Å²) in [7, 11) is 0. The van der Waals surface area contributed by atoms with Gasteiger partial charge < -0.3 is 9.73 Å².